The van der Waals surface area contributed by atoms with Crippen molar-refractivity contribution in [2.75, 3.05) is 11.9 Å². The Morgan fingerprint density at radius 2 is 1.68 bits per heavy atom. The van der Waals surface area contributed by atoms with Crippen molar-refractivity contribution in [3.05, 3.63) is 103 Å². The van der Waals surface area contributed by atoms with Crippen molar-refractivity contribution in [2.24, 2.45) is 0 Å². The first-order valence-corrected chi connectivity index (χ1v) is 9.98. The van der Waals surface area contributed by atoms with Crippen LogP contribution in [0, 0.1) is 15.9 Å². The molecule has 3 aromatic carbocycles. The van der Waals surface area contributed by atoms with Gasteiger partial charge in [0.25, 0.3) is 11.6 Å². The number of nitro benzene ring substituents is 1. The lowest BCUT2D eigenvalue weighted by Crippen LogP contribution is -2.24. The molecule has 170 valence electrons. The van der Waals surface area contributed by atoms with Gasteiger partial charge < -0.3 is 10.1 Å². The van der Waals surface area contributed by atoms with E-state index in [2.05, 4.69) is 5.32 Å². The van der Waals surface area contributed by atoms with Gasteiger partial charge in [0.15, 0.2) is 18.2 Å². The lowest BCUT2D eigenvalue weighted by molar-refractivity contribution is -0.384. The molecule has 0 unspecified atom stereocenters. The van der Waals surface area contributed by atoms with E-state index >= 15 is 0 Å². The van der Waals surface area contributed by atoms with Crippen LogP contribution in [0.3, 0.4) is 0 Å². The molecule has 9 nitrogen and oxygen atoms in total. The molecule has 0 spiro atoms. The maximum absolute atomic E-state index is 13.2. The van der Waals surface area contributed by atoms with Gasteiger partial charge in [-0.1, -0.05) is 35.9 Å². The van der Waals surface area contributed by atoms with Gasteiger partial charge in [-0.3, -0.25) is 24.5 Å². The molecular formula is C23H12ClFN2O7. The Bertz CT molecular complexity index is 1420. The predicted octanol–water partition coefficient (Wildman–Crippen LogP) is 3.96. The molecule has 0 radical (unpaired) electrons. The Balaban J connectivity index is 1.52. The van der Waals surface area contributed by atoms with E-state index in [1.54, 1.807) is 12.1 Å². The minimum absolute atomic E-state index is 0.0339. The van der Waals surface area contributed by atoms with Crippen molar-refractivity contribution in [1.82, 2.24) is 0 Å². The molecule has 0 fully saturated rings. The van der Waals surface area contributed by atoms with Crippen LogP contribution in [-0.2, 0) is 9.53 Å². The van der Waals surface area contributed by atoms with E-state index in [1.807, 2.05) is 0 Å². The van der Waals surface area contributed by atoms with Crippen LogP contribution in [0.25, 0.3) is 0 Å². The van der Waals surface area contributed by atoms with Crippen molar-refractivity contribution >= 4 is 46.4 Å². The first kappa shape index (κ1) is 22.7. The number of amides is 1. The molecule has 0 bridgehead atoms. The number of fused-ring (bicyclic) bond motifs is 2. The van der Waals surface area contributed by atoms with Crippen LogP contribution in [0.1, 0.15) is 42.2 Å². The number of rotatable bonds is 5. The third-order valence-corrected chi connectivity index (χ3v) is 5.41. The predicted molar refractivity (Wildman–Crippen MR) is 117 cm³/mol. The number of ketones is 2. The van der Waals surface area contributed by atoms with E-state index in [-0.39, 0.29) is 38.5 Å². The number of esters is 1. The highest BCUT2D eigenvalue weighted by Gasteiger charge is 2.33. The number of ether oxygens (including phenoxy) is 1. The van der Waals surface area contributed by atoms with E-state index in [0.717, 1.165) is 12.1 Å². The minimum atomic E-state index is -1.06. The summed E-state index contributed by atoms with van der Waals surface area (Å²) in [5, 5.41) is 12.9. The van der Waals surface area contributed by atoms with Gasteiger partial charge in [-0.15, -0.1) is 0 Å². The Kier molecular flexibility index (Phi) is 5.91. The van der Waals surface area contributed by atoms with Crippen LogP contribution >= 0.6 is 11.6 Å². The van der Waals surface area contributed by atoms with E-state index in [1.165, 1.54) is 24.3 Å². The molecule has 3 aromatic rings. The van der Waals surface area contributed by atoms with Gasteiger partial charge >= 0.3 is 5.97 Å². The van der Waals surface area contributed by atoms with Crippen molar-refractivity contribution < 1.29 is 33.2 Å². The van der Waals surface area contributed by atoms with Gasteiger partial charge in [-0.25, -0.2) is 9.18 Å². The smallest absolute Gasteiger partial charge is 0.340 e. The Morgan fingerprint density at radius 1 is 1.00 bits per heavy atom. The molecule has 0 atom stereocenters. The summed E-state index contributed by atoms with van der Waals surface area (Å²) in [5.74, 6) is -3.82. The van der Waals surface area contributed by atoms with Gasteiger partial charge in [0.2, 0.25) is 0 Å². The molecule has 11 heteroatoms. The van der Waals surface area contributed by atoms with Crippen LogP contribution in [-0.4, -0.2) is 35.0 Å². The van der Waals surface area contributed by atoms with Crippen molar-refractivity contribution in [2.45, 2.75) is 0 Å². The number of benzene rings is 3. The fourth-order valence-electron chi connectivity index (χ4n) is 3.46. The third-order valence-electron chi connectivity index (χ3n) is 5.01. The lowest BCUT2D eigenvalue weighted by atomic mass is 9.83. The highest BCUT2D eigenvalue weighted by atomic mass is 35.5. The number of halogens is 2. The second kappa shape index (κ2) is 8.83. The number of anilines is 1. The molecule has 0 saturated heterocycles. The highest BCUT2D eigenvalue weighted by molar-refractivity contribution is 6.41. The summed E-state index contributed by atoms with van der Waals surface area (Å²) < 4.78 is 18.1. The number of nitro groups is 1. The summed E-state index contributed by atoms with van der Waals surface area (Å²) in [5.41, 5.74) is -0.965. The monoisotopic (exact) mass is 482 g/mol. The number of nitrogens with zero attached hydrogens (tertiary/aromatic N) is 1. The lowest BCUT2D eigenvalue weighted by Gasteiger charge is -2.19. The van der Waals surface area contributed by atoms with Gasteiger partial charge in [-0.2, -0.15) is 0 Å². The van der Waals surface area contributed by atoms with E-state index in [4.69, 9.17) is 16.3 Å². The molecule has 1 N–H and O–H groups in total. The van der Waals surface area contributed by atoms with E-state index in [0.29, 0.717) is 6.07 Å². The highest BCUT2D eigenvalue weighted by Crippen LogP contribution is 2.34. The zero-order chi connectivity index (χ0) is 24.6. The molecule has 1 aliphatic carbocycles. The molecule has 0 saturated carbocycles. The quantitative estimate of drug-likeness (QED) is 0.258. The molecule has 1 aliphatic rings. The zero-order valence-electron chi connectivity index (χ0n) is 17.0. The van der Waals surface area contributed by atoms with Crippen molar-refractivity contribution in [3.8, 4) is 0 Å². The number of carbonyl (C=O) groups is 4. The SMILES string of the molecule is O=C(COC(=O)c1ccc2c(c1Cl)C(=O)c1ccccc1C2=O)Nc1ccc(F)cc1[N+](=O)[O-]. The molecule has 4 rings (SSSR count). The topological polar surface area (TPSA) is 133 Å². The average Bonchev–Trinajstić information content (AvgIpc) is 2.81. The summed E-state index contributed by atoms with van der Waals surface area (Å²) in [4.78, 5) is 60.4. The van der Waals surface area contributed by atoms with Crippen LogP contribution in [0.2, 0.25) is 5.02 Å². The van der Waals surface area contributed by atoms with Crippen molar-refractivity contribution in [1.29, 1.82) is 0 Å². The largest absolute Gasteiger partial charge is 0.452 e. The Hall–Kier alpha value is -4.44. The Labute approximate surface area is 195 Å². The fourth-order valence-corrected chi connectivity index (χ4v) is 3.79. The summed E-state index contributed by atoms with van der Waals surface area (Å²) in [7, 11) is 0. The number of hydrogen-bond donors (Lipinski definition) is 1. The van der Waals surface area contributed by atoms with Gasteiger partial charge in [0, 0.05) is 16.7 Å². The second-order valence-corrected chi connectivity index (χ2v) is 7.47. The number of hydrogen-bond acceptors (Lipinski definition) is 7. The fraction of sp³-hybridized carbons (Fsp3) is 0.0435. The Morgan fingerprint density at radius 3 is 2.35 bits per heavy atom. The summed E-state index contributed by atoms with van der Waals surface area (Å²) in [6, 6.07) is 11.2. The molecule has 1 amide bonds. The molecule has 0 heterocycles. The van der Waals surface area contributed by atoms with Crippen LogP contribution < -0.4 is 5.32 Å². The summed E-state index contributed by atoms with van der Waals surface area (Å²) in [6.45, 7) is -0.851. The van der Waals surface area contributed by atoms with E-state index < -0.39 is 46.5 Å². The second-order valence-electron chi connectivity index (χ2n) is 7.10. The first-order valence-electron chi connectivity index (χ1n) is 9.61. The first-order chi connectivity index (χ1) is 16.2. The number of carbonyl (C=O) groups excluding carboxylic acids is 4. The van der Waals surface area contributed by atoms with E-state index in [9.17, 15) is 33.7 Å². The normalized spacial score (nSPS) is 11.9. The molecule has 34 heavy (non-hydrogen) atoms. The van der Waals surface area contributed by atoms with Crippen molar-refractivity contribution in [3.63, 3.8) is 0 Å². The van der Waals surface area contributed by atoms with Crippen LogP contribution in [0.4, 0.5) is 15.8 Å². The standard InChI is InChI=1S/C23H12ClFN2O7/c24-20-15(7-6-14-19(20)22(30)13-4-2-1-3-12(13)21(14)29)23(31)34-10-18(28)26-16-8-5-11(25)9-17(16)27(32)33/h1-9H,10H2,(H,26,28). The summed E-state index contributed by atoms with van der Waals surface area (Å²) >= 11 is 6.28. The zero-order valence-corrected chi connectivity index (χ0v) is 17.7. The maximum atomic E-state index is 13.2. The summed E-state index contributed by atoms with van der Waals surface area (Å²) in [6.07, 6.45) is 0. The molecule has 0 aliphatic heterocycles. The van der Waals surface area contributed by atoms with Gasteiger partial charge in [-0.05, 0) is 24.3 Å². The van der Waals surface area contributed by atoms with Crippen LogP contribution in [0.5, 0.6) is 0 Å². The molecular weight excluding hydrogens is 471 g/mol. The minimum Gasteiger partial charge on any atom is -0.452 e. The number of nitrogens with one attached hydrogen (secondary N) is 1. The third kappa shape index (κ3) is 4.02. The maximum Gasteiger partial charge on any atom is 0.340 e. The van der Waals surface area contributed by atoms with Gasteiger partial charge in [0.05, 0.1) is 27.1 Å². The molecule has 0 aromatic heterocycles. The average molecular weight is 483 g/mol. The van der Waals surface area contributed by atoms with Crippen LogP contribution in [0.15, 0.2) is 54.6 Å². The van der Waals surface area contributed by atoms with Gasteiger partial charge in [0.1, 0.15) is 11.5 Å².